The number of hydrogen-bond acceptors (Lipinski definition) is 2. The van der Waals surface area contributed by atoms with Crippen molar-refractivity contribution in [2.45, 2.75) is 51.6 Å². The van der Waals surface area contributed by atoms with E-state index in [4.69, 9.17) is 4.74 Å². The molecule has 1 aliphatic carbocycles. The van der Waals surface area contributed by atoms with E-state index in [9.17, 15) is 18.0 Å². The van der Waals surface area contributed by atoms with E-state index < -0.39 is 11.7 Å². The zero-order valence-corrected chi connectivity index (χ0v) is 12.7. The highest BCUT2D eigenvalue weighted by Crippen LogP contribution is 2.33. The van der Waals surface area contributed by atoms with Gasteiger partial charge in [0.1, 0.15) is 5.75 Å². The van der Waals surface area contributed by atoms with E-state index in [1.807, 2.05) is 0 Å². The van der Waals surface area contributed by atoms with Gasteiger partial charge < -0.3 is 4.74 Å². The Bertz CT molecular complexity index is 486. The van der Waals surface area contributed by atoms with Gasteiger partial charge in [-0.15, -0.1) is 0 Å². The van der Waals surface area contributed by atoms with Gasteiger partial charge in [-0.2, -0.15) is 13.2 Å². The summed E-state index contributed by atoms with van der Waals surface area (Å²) in [5.41, 5.74) is -0.743. The van der Waals surface area contributed by atoms with E-state index in [1.165, 1.54) is 18.6 Å². The quantitative estimate of drug-likeness (QED) is 0.563. The number of rotatable bonds is 4. The van der Waals surface area contributed by atoms with Crippen LogP contribution in [0.1, 0.15) is 51.0 Å². The van der Waals surface area contributed by atoms with Crippen molar-refractivity contribution in [1.82, 2.24) is 0 Å². The fourth-order valence-electron chi connectivity index (χ4n) is 3.01. The highest BCUT2D eigenvalue weighted by molar-refractivity contribution is 5.75. The molecule has 0 heterocycles. The van der Waals surface area contributed by atoms with Crippen molar-refractivity contribution in [3.8, 4) is 5.75 Å². The minimum absolute atomic E-state index is 0.129. The second-order valence-electron chi connectivity index (χ2n) is 5.95. The molecular formula is C17H21F3O2. The van der Waals surface area contributed by atoms with E-state index >= 15 is 0 Å². The molecule has 0 aromatic heterocycles. The zero-order valence-electron chi connectivity index (χ0n) is 12.7. The Hall–Kier alpha value is -1.52. The molecule has 1 fully saturated rings. The third-order valence-corrected chi connectivity index (χ3v) is 4.28. The molecule has 22 heavy (non-hydrogen) atoms. The highest BCUT2D eigenvalue weighted by Gasteiger charge is 2.31. The molecule has 0 N–H and O–H groups in total. The highest BCUT2D eigenvalue weighted by atomic mass is 19.4. The molecule has 0 atom stereocenters. The van der Waals surface area contributed by atoms with Gasteiger partial charge in [0.05, 0.1) is 11.5 Å². The van der Waals surface area contributed by atoms with Crippen LogP contribution in [0.2, 0.25) is 0 Å². The number of carbonyl (C=O) groups excluding carboxylic acids is 1. The maximum absolute atomic E-state index is 12.5. The lowest BCUT2D eigenvalue weighted by Gasteiger charge is -2.26. The lowest BCUT2D eigenvalue weighted by molar-refractivity contribution is -0.140. The van der Waals surface area contributed by atoms with E-state index in [0.717, 1.165) is 44.2 Å². The molecule has 1 aromatic carbocycles. The average Bonchev–Trinajstić information content (AvgIpc) is 2.48. The standard InChI is InChI=1S/C17H21F3O2/c1-2-3-12-4-6-13(7-5-12)16(21)22-15-10-8-14(9-11-15)17(18,19)20/h8-13H,2-7H2,1H3/t12-,13-. The predicted molar refractivity (Wildman–Crippen MR) is 77.4 cm³/mol. The van der Waals surface area contributed by atoms with E-state index in [-0.39, 0.29) is 17.6 Å². The Morgan fingerprint density at radius 2 is 1.73 bits per heavy atom. The SMILES string of the molecule is CCC[C@H]1CC[C@H](C(=O)Oc2ccc(C(F)(F)F)cc2)CC1. The molecule has 1 aromatic rings. The molecule has 1 saturated carbocycles. The predicted octanol–water partition coefficient (Wildman–Crippen LogP) is 5.22. The molecule has 5 heteroatoms. The maximum atomic E-state index is 12.5. The minimum atomic E-state index is -4.37. The van der Waals surface area contributed by atoms with Crippen molar-refractivity contribution in [3.63, 3.8) is 0 Å². The first-order valence-electron chi connectivity index (χ1n) is 7.79. The normalized spacial score (nSPS) is 22.4. The number of benzene rings is 1. The van der Waals surface area contributed by atoms with Gasteiger partial charge in [0.2, 0.25) is 0 Å². The van der Waals surface area contributed by atoms with Crippen LogP contribution < -0.4 is 4.74 Å². The summed E-state index contributed by atoms with van der Waals surface area (Å²) in [6.45, 7) is 2.16. The van der Waals surface area contributed by atoms with Crippen molar-refractivity contribution in [2.75, 3.05) is 0 Å². The van der Waals surface area contributed by atoms with Gasteiger partial charge in [0.15, 0.2) is 0 Å². The molecule has 122 valence electrons. The Labute approximate surface area is 128 Å². The number of esters is 1. The molecule has 2 nitrogen and oxygen atoms in total. The summed E-state index contributed by atoms with van der Waals surface area (Å²) in [7, 11) is 0. The molecule has 0 amide bonds. The summed E-state index contributed by atoms with van der Waals surface area (Å²) < 4.78 is 42.6. The summed E-state index contributed by atoms with van der Waals surface area (Å²) in [4.78, 5) is 12.1. The van der Waals surface area contributed by atoms with Gasteiger partial charge in [-0.25, -0.2) is 0 Å². The van der Waals surface area contributed by atoms with E-state index in [2.05, 4.69) is 6.92 Å². The Balaban J connectivity index is 1.87. The summed E-state index contributed by atoms with van der Waals surface area (Å²) in [5, 5.41) is 0. The molecule has 0 bridgehead atoms. The molecule has 1 aliphatic rings. The van der Waals surface area contributed by atoms with Gasteiger partial charge in [0.25, 0.3) is 0 Å². The second-order valence-corrected chi connectivity index (χ2v) is 5.95. The first-order valence-corrected chi connectivity index (χ1v) is 7.79. The third-order valence-electron chi connectivity index (χ3n) is 4.28. The molecule has 0 aliphatic heterocycles. The van der Waals surface area contributed by atoms with Crippen LogP contribution in [0.25, 0.3) is 0 Å². The Morgan fingerprint density at radius 3 is 2.23 bits per heavy atom. The second kappa shape index (κ2) is 7.16. The smallest absolute Gasteiger partial charge is 0.416 e. The summed E-state index contributed by atoms with van der Waals surface area (Å²) in [6, 6.07) is 4.26. The summed E-state index contributed by atoms with van der Waals surface area (Å²) in [6.07, 6.45) is 1.65. The van der Waals surface area contributed by atoms with Gasteiger partial charge >= 0.3 is 12.1 Å². The van der Waals surface area contributed by atoms with Gasteiger partial charge in [0, 0.05) is 0 Å². The number of alkyl halides is 3. The van der Waals surface area contributed by atoms with Crippen molar-refractivity contribution in [2.24, 2.45) is 11.8 Å². The zero-order chi connectivity index (χ0) is 16.2. The first kappa shape index (κ1) is 16.8. The van der Waals surface area contributed by atoms with Crippen LogP contribution >= 0.6 is 0 Å². The average molecular weight is 314 g/mol. The van der Waals surface area contributed by atoms with E-state index in [0.29, 0.717) is 5.92 Å². The van der Waals surface area contributed by atoms with Crippen LogP contribution in [0, 0.1) is 11.8 Å². The monoisotopic (exact) mass is 314 g/mol. The summed E-state index contributed by atoms with van der Waals surface area (Å²) in [5.74, 6) is 0.416. The van der Waals surface area contributed by atoms with Crippen LogP contribution in [0.5, 0.6) is 5.75 Å². The molecule has 0 saturated heterocycles. The van der Waals surface area contributed by atoms with Gasteiger partial charge in [-0.3, -0.25) is 4.79 Å². The lowest BCUT2D eigenvalue weighted by atomic mass is 9.80. The molecule has 0 unspecified atom stereocenters. The lowest BCUT2D eigenvalue weighted by Crippen LogP contribution is -2.25. The first-order chi connectivity index (χ1) is 10.4. The topological polar surface area (TPSA) is 26.3 Å². The van der Waals surface area contributed by atoms with Crippen LogP contribution in [-0.4, -0.2) is 5.97 Å². The van der Waals surface area contributed by atoms with Crippen LogP contribution in [0.15, 0.2) is 24.3 Å². The van der Waals surface area contributed by atoms with Crippen molar-refractivity contribution in [3.05, 3.63) is 29.8 Å². The molecule has 2 rings (SSSR count). The van der Waals surface area contributed by atoms with Crippen molar-refractivity contribution in [1.29, 1.82) is 0 Å². The Morgan fingerprint density at radius 1 is 1.14 bits per heavy atom. The fraction of sp³-hybridized carbons (Fsp3) is 0.588. The van der Waals surface area contributed by atoms with E-state index in [1.54, 1.807) is 0 Å². The van der Waals surface area contributed by atoms with Crippen LogP contribution in [0.4, 0.5) is 13.2 Å². The van der Waals surface area contributed by atoms with Crippen molar-refractivity contribution < 1.29 is 22.7 Å². The van der Waals surface area contributed by atoms with Crippen molar-refractivity contribution >= 4 is 5.97 Å². The maximum Gasteiger partial charge on any atom is 0.416 e. The van der Waals surface area contributed by atoms with Crippen LogP contribution in [0.3, 0.4) is 0 Å². The Kier molecular flexibility index (Phi) is 5.48. The molecule has 0 spiro atoms. The summed E-state index contributed by atoms with van der Waals surface area (Å²) >= 11 is 0. The molecule has 0 radical (unpaired) electrons. The number of carbonyl (C=O) groups is 1. The van der Waals surface area contributed by atoms with Crippen LogP contribution in [-0.2, 0) is 11.0 Å². The number of hydrogen-bond donors (Lipinski definition) is 0. The molecular weight excluding hydrogens is 293 g/mol. The van der Waals surface area contributed by atoms with Gasteiger partial charge in [-0.05, 0) is 55.9 Å². The third kappa shape index (κ3) is 4.49. The largest absolute Gasteiger partial charge is 0.426 e. The number of ether oxygens (including phenoxy) is 1. The fourth-order valence-corrected chi connectivity index (χ4v) is 3.01. The minimum Gasteiger partial charge on any atom is -0.426 e. The van der Waals surface area contributed by atoms with Gasteiger partial charge in [-0.1, -0.05) is 19.8 Å². The number of halogens is 3.